The van der Waals surface area contributed by atoms with E-state index < -0.39 is 5.24 Å². The largest absolute Gasteiger partial charge is 0.459 e. The summed E-state index contributed by atoms with van der Waals surface area (Å²) in [6, 6.07) is 11.2. The molecule has 0 N–H and O–H groups in total. The molecule has 1 aromatic heterocycles. The van der Waals surface area contributed by atoms with Crippen LogP contribution in [0.3, 0.4) is 0 Å². The first-order chi connectivity index (χ1) is 6.79. The number of rotatable bonds is 2. The minimum absolute atomic E-state index is 0.192. The quantitative estimate of drug-likeness (QED) is 0.706. The number of furan rings is 1. The molecule has 1 heterocycles. The van der Waals surface area contributed by atoms with E-state index >= 15 is 0 Å². The van der Waals surface area contributed by atoms with Crippen LogP contribution in [0.5, 0.6) is 0 Å². The van der Waals surface area contributed by atoms with Crippen molar-refractivity contribution in [3.05, 3.63) is 48.4 Å². The van der Waals surface area contributed by atoms with Crippen LogP contribution in [-0.4, -0.2) is 5.24 Å². The number of carbonyl (C=O) groups excluding carboxylic acids is 1. The molecule has 0 saturated heterocycles. The Labute approximate surface area is 86.1 Å². The highest BCUT2D eigenvalue weighted by atomic mass is 35.5. The van der Waals surface area contributed by atoms with Gasteiger partial charge < -0.3 is 4.42 Å². The van der Waals surface area contributed by atoms with Crippen LogP contribution in [-0.2, 0) is 0 Å². The van der Waals surface area contributed by atoms with E-state index in [4.69, 9.17) is 16.0 Å². The predicted octanol–water partition coefficient (Wildman–Crippen LogP) is 3.33. The summed E-state index contributed by atoms with van der Waals surface area (Å²) in [7, 11) is 0. The fraction of sp³-hybridized carbons (Fsp3) is 0. The third-order valence-corrected chi connectivity index (χ3v) is 2.10. The summed E-state index contributed by atoms with van der Waals surface area (Å²) in [4.78, 5) is 11.0. The van der Waals surface area contributed by atoms with Crippen molar-refractivity contribution in [2.45, 2.75) is 0 Å². The molecule has 0 fully saturated rings. The van der Waals surface area contributed by atoms with E-state index in [-0.39, 0.29) is 5.76 Å². The highest BCUT2D eigenvalue weighted by molar-refractivity contribution is 6.67. The number of carbonyl (C=O) groups is 1. The summed E-state index contributed by atoms with van der Waals surface area (Å²) >= 11 is 5.37. The Morgan fingerprint density at radius 3 is 2.50 bits per heavy atom. The van der Waals surface area contributed by atoms with Crippen molar-refractivity contribution in [3.63, 3.8) is 0 Å². The lowest BCUT2D eigenvalue weighted by atomic mass is 10.1. The van der Waals surface area contributed by atoms with Gasteiger partial charge in [-0.1, -0.05) is 30.3 Å². The monoisotopic (exact) mass is 206 g/mol. The average molecular weight is 207 g/mol. The zero-order valence-electron chi connectivity index (χ0n) is 7.24. The highest BCUT2D eigenvalue weighted by Gasteiger charge is 2.13. The van der Waals surface area contributed by atoms with Gasteiger partial charge in [0.25, 0.3) is 5.24 Å². The molecule has 0 bridgehead atoms. The van der Waals surface area contributed by atoms with Gasteiger partial charge >= 0.3 is 0 Å². The molecule has 2 rings (SSSR count). The zero-order chi connectivity index (χ0) is 9.97. The standard InChI is InChI=1S/C11H7ClO2/c12-11(13)10-9(6-7-14-10)8-4-2-1-3-5-8/h1-7H. The Bertz CT molecular complexity index is 445. The summed E-state index contributed by atoms with van der Waals surface area (Å²) in [6.45, 7) is 0. The van der Waals surface area contributed by atoms with Crippen LogP contribution in [0.4, 0.5) is 0 Å². The van der Waals surface area contributed by atoms with Gasteiger partial charge in [-0.3, -0.25) is 4.79 Å². The third kappa shape index (κ3) is 1.56. The van der Waals surface area contributed by atoms with E-state index in [1.54, 1.807) is 6.07 Å². The van der Waals surface area contributed by atoms with Crippen LogP contribution in [0.1, 0.15) is 10.6 Å². The number of halogens is 1. The van der Waals surface area contributed by atoms with Crippen LogP contribution in [0.25, 0.3) is 11.1 Å². The molecule has 0 aliphatic carbocycles. The average Bonchev–Trinajstić information content (AvgIpc) is 2.67. The van der Waals surface area contributed by atoms with Gasteiger partial charge in [0.2, 0.25) is 0 Å². The predicted molar refractivity (Wildman–Crippen MR) is 54.3 cm³/mol. The van der Waals surface area contributed by atoms with Gasteiger partial charge in [-0.25, -0.2) is 0 Å². The van der Waals surface area contributed by atoms with E-state index in [2.05, 4.69) is 0 Å². The molecule has 70 valence electrons. The van der Waals surface area contributed by atoms with Crippen LogP contribution < -0.4 is 0 Å². The van der Waals surface area contributed by atoms with Crippen LogP contribution in [0, 0.1) is 0 Å². The minimum Gasteiger partial charge on any atom is -0.459 e. The Morgan fingerprint density at radius 2 is 1.86 bits per heavy atom. The van der Waals surface area contributed by atoms with E-state index in [9.17, 15) is 4.79 Å². The van der Waals surface area contributed by atoms with Crippen molar-refractivity contribution in [1.82, 2.24) is 0 Å². The summed E-state index contributed by atoms with van der Waals surface area (Å²) in [5.41, 5.74) is 1.65. The Kier molecular flexibility index (Phi) is 2.37. The number of hydrogen-bond donors (Lipinski definition) is 0. The molecule has 0 radical (unpaired) electrons. The molecule has 0 aliphatic rings. The molecule has 14 heavy (non-hydrogen) atoms. The van der Waals surface area contributed by atoms with Gasteiger partial charge in [0.15, 0.2) is 5.76 Å². The summed E-state index contributed by atoms with van der Waals surface area (Å²) in [5, 5.41) is -0.575. The van der Waals surface area contributed by atoms with Crippen molar-refractivity contribution in [1.29, 1.82) is 0 Å². The Balaban J connectivity index is 2.52. The Hall–Kier alpha value is -1.54. The molecular formula is C11H7ClO2. The third-order valence-electron chi connectivity index (χ3n) is 1.93. The molecule has 0 saturated carbocycles. The van der Waals surface area contributed by atoms with Gasteiger partial charge in [0.05, 0.1) is 6.26 Å². The number of benzene rings is 1. The van der Waals surface area contributed by atoms with Gasteiger partial charge in [0, 0.05) is 5.56 Å². The summed E-state index contributed by atoms with van der Waals surface area (Å²) < 4.78 is 5.00. The van der Waals surface area contributed by atoms with Crippen LogP contribution >= 0.6 is 11.6 Å². The smallest absolute Gasteiger partial charge is 0.288 e. The lowest BCUT2D eigenvalue weighted by Gasteiger charge is -1.97. The molecule has 2 aromatic rings. The molecule has 0 atom stereocenters. The minimum atomic E-state index is -0.575. The van der Waals surface area contributed by atoms with Crippen molar-refractivity contribution in [3.8, 4) is 11.1 Å². The maximum absolute atomic E-state index is 11.0. The van der Waals surface area contributed by atoms with E-state index in [1.165, 1.54) is 6.26 Å². The maximum atomic E-state index is 11.0. The van der Waals surface area contributed by atoms with Crippen molar-refractivity contribution in [2.75, 3.05) is 0 Å². The SMILES string of the molecule is O=C(Cl)c1occc1-c1ccccc1. The fourth-order valence-corrected chi connectivity index (χ4v) is 1.45. The lowest BCUT2D eigenvalue weighted by Crippen LogP contribution is -1.88. The van der Waals surface area contributed by atoms with Gasteiger partial charge in [-0.2, -0.15) is 0 Å². The first kappa shape index (κ1) is 9.03. The van der Waals surface area contributed by atoms with E-state index in [0.717, 1.165) is 11.1 Å². The van der Waals surface area contributed by atoms with Crippen molar-refractivity contribution >= 4 is 16.8 Å². The van der Waals surface area contributed by atoms with Crippen LogP contribution in [0.2, 0.25) is 0 Å². The fourth-order valence-electron chi connectivity index (χ4n) is 1.31. The van der Waals surface area contributed by atoms with Crippen LogP contribution in [0.15, 0.2) is 47.1 Å². The van der Waals surface area contributed by atoms with Gasteiger partial charge in [-0.15, -0.1) is 0 Å². The normalized spacial score (nSPS) is 10.1. The first-order valence-corrected chi connectivity index (χ1v) is 4.49. The summed E-state index contributed by atoms with van der Waals surface area (Å²) in [5.74, 6) is 0.192. The molecular weight excluding hydrogens is 200 g/mol. The highest BCUT2D eigenvalue weighted by Crippen LogP contribution is 2.25. The van der Waals surface area contributed by atoms with Gasteiger partial charge in [-0.05, 0) is 23.2 Å². The maximum Gasteiger partial charge on any atom is 0.288 e. The van der Waals surface area contributed by atoms with Gasteiger partial charge in [0.1, 0.15) is 0 Å². The molecule has 2 nitrogen and oxygen atoms in total. The second-order valence-corrected chi connectivity index (χ2v) is 3.15. The molecule has 0 spiro atoms. The molecule has 0 unspecified atom stereocenters. The second-order valence-electron chi connectivity index (χ2n) is 2.80. The topological polar surface area (TPSA) is 30.2 Å². The molecule has 0 amide bonds. The van der Waals surface area contributed by atoms with E-state index in [0.29, 0.717) is 0 Å². The lowest BCUT2D eigenvalue weighted by molar-refractivity contribution is 0.105. The molecule has 1 aromatic carbocycles. The number of hydrogen-bond acceptors (Lipinski definition) is 2. The van der Waals surface area contributed by atoms with E-state index in [1.807, 2.05) is 30.3 Å². The molecule has 0 aliphatic heterocycles. The molecule has 3 heteroatoms. The zero-order valence-corrected chi connectivity index (χ0v) is 7.99. The summed E-state index contributed by atoms with van der Waals surface area (Å²) in [6.07, 6.45) is 1.46. The second kappa shape index (κ2) is 3.68. The Morgan fingerprint density at radius 1 is 1.14 bits per heavy atom. The first-order valence-electron chi connectivity index (χ1n) is 4.12. The van der Waals surface area contributed by atoms with Crippen molar-refractivity contribution < 1.29 is 9.21 Å². The van der Waals surface area contributed by atoms with Crippen molar-refractivity contribution in [2.24, 2.45) is 0 Å².